The van der Waals surface area contributed by atoms with Crippen molar-refractivity contribution in [2.75, 3.05) is 0 Å². The van der Waals surface area contributed by atoms with Crippen LogP contribution in [0.5, 0.6) is 0 Å². The van der Waals surface area contributed by atoms with E-state index < -0.39 is 45.5 Å². The van der Waals surface area contributed by atoms with Gasteiger partial charge in [0.1, 0.15) is 0 Å². The summed E-state index contributed by atoms with van der Waals surface area (Å²) in [6.45, 7) is 0. The van der Waals surface area contributed by atoms with Gasteiger partial charge in [-0.15, -0.1) is 0 Å². The van der Waals surface area contributed by atoms with Crippen LogP contribution in [0.15, 0.2) is 48.2 Å². The fraction of sp³-hybridized carbons (Fsp3) is 0.176. The normalized spacial score (nSPS) is 13.7. The van der Waals surface area contributed by atoms with Crippen molar-refractivity contribution in [2.24, 2.45) is 5.92 Å². The molecule has 0 saturated heterocycles. The molecule has 1 aromatic rings. The molecule has 0 aromatic heterocycles. The maximum atomic E-state index is 11.7. The van der Waals surface area contributed by atoms with Gasteiger partial charge in [-0.05, 0) is 24.1 Å². The Labute approximate surface area is 183 Å². The zero-order chi connectivity index (χ0) is 20.8. The number of nitrogens with one attached hydrogen (secondary N) is 1. The van der Waals surface area contributed by atoms with E-state index in [1.165, 1.54) is 24.4 Å². The Hall–Kier alpha value is -3.10. The second kappa shape index (κ2) is 10.4. The molecule has 12 heteroatoms. The summed E-state index contributed by atoms with van der Waals surface area (Å²) in [5.74, 6) is -3.74. The van der Waals surface area contributed by atoms with E-state index in [4.69, 9.17) is 5.11 Å². The van der Waals surface area contributed by atoms with Gasteiger partial charge in [-0.25, -0.2) is 0 Å². The molecule has 1 aromatic carbocycles. The van der Waals surface area contributed by atoms with Gasteiger partial charge in [0, 0.05) is 46.0 Å². The van der Waals surface area contributed by atoms with Gasteiger partial charge in [0.2, 0.25) is 0 Å². The zero-order valence-electron chi connectivity index (χ0n) is 14.8. The van der Waals surface area contributed by atoms with E-state index in [1.807, 2.05) is 0 Å². The molecule has 1 aliphatic rings. The second-order valence-electron chi connectivity index (χ2n) is 5.73. The van der Waals surface area contributed by atoms with E-state index in [0.29, 0.717) is 0 Å². The smallest absolute Gasteiger partial charge is 0.311 e. The number of nitrogens with zero attached hydrogens (tertiary/aromatic N) is 2. The van der Waals surface area contributed by atoms with Gasteiger partial charge in [-0.3, -0.25) is 29.8 Å². The molecule has 1 heterocycles. The molecule has 2 rings (SSSR count). The minimum atomic E-state index is -1.30. The first-order valence-corrected chi connectivity index (χ1v) is 7.94. The summed E-state index contributed by atoms with van der Waals surface area (Å²) in [7, 11) is 0. The van der Waals surface area contributed by atoms with Crippen LogP contribution >= 0.6 is 0 Å². The summed E-state index contributed by atoms with van der Waals surface area (Å²) in [4.78, 5) is 43.4. The van der Waals surface area contributed by atoms with Crippen LogP contribution in [0.3, 0.4) is 0 Å². The number of hydrogen-bond acceptors (Lipinski definition) is 7. The number of rotatable bonds is 8. The van der Waals surface area contributed by atoms with Gasteiger partial charge in [0.15, 0.2) is 0 Å². The molecule has 0 bridgehead atoms. The van der Waals surface area contributed by atoms with Crippen LogP contribution in [0.2, 0.25) is 0 Å². The molecule has 1 unspecified atom stereocenters. The third-order valence-electron chi connectivity index (χ3n) is 3.98. The third kappa shape index (κ3) is 5.94. The Kier molecular flexibility index (Phi) is 8.62. The van der Waals surface area contributed by atoms with Crippen LogP contribution in [-0.2, 0) is 9.59 Å². The molecule has 4 radical (unpaired) electrons. The molecule has 3 N–H and O–H groups in total. The van der Waals surface area contributed by atoms with Gasteiger partial charge in [0.05, 0.1) is 33.1 Å². The number of nitro groups is 2. The van der Waals surface area contributed by atoms with E-state index in [2.05, 4.69) is 5.32 Å². The summed E-state index contributed by atoms with van der Waals surface area (Å²) in [5.41, 5.74) is -0.943. The van der Waals surface area contributed by atoms with Gasteiger partial charge < -0.3 is 15.5 Å². The molecular formula is C17H15N3O8Pb. The number of hydrogen-bond donors (Lipinski definition) is 3. The first-order chi connectivity index (χ1) is 13.2. The molecule has 11 nitrogen and oxygen atoms in total. The van der Waals surface area contributed by atoms with Crippen molar-refractivity contribution in [3.05, 3.63) is 74.0 Å². The van der Waals surface area contributed by atoms with Crippen molar-refractivity contribution < 1.29 is 29.6 Å². The van der Waals surface area contributed by atoms with E-state index in [9.17, 15) is 34.9 Å². The Morgan fingerprint density at radius 1 is 1.10 bits per heavy atom. The first kappa shape index (κ1) is 23.9. The number of allylic oxidation sites excluding steroid dienone is 3. The van der Waals surface area contributed by atoms with Gasteiger partial charge in [0.25, 0.3) is 11.4 Å². The minimum absolute atomic E-state index is 0. The number of nitro benzene ring substituents is 2. The summed E-state index contributed by atoms with van der Waals surface area (Å²) >= 11 is 0. The van der Waals surface area contributed by atoms with Crippen LogP contribution in [0.1, 0.15) is 18.4 Å². The zero-order valence-corrected chi connectivity index (χ0v) is 18.7. The number of non-ortho nitro benzene ring substituents is 1. The fourth-order valence-corrected chi connectivity index (χ4v) is 2.71. The first-order valence-electron chi connectivity index (χ1n) is 7.94. The fourth-order valence-electron chi connectivity index (χ4n) is 2.71. The molecule has 0 fully saturated rings. The number of carboxylic acids is 2. The van der Waals surface area contributed by atoms with Crippen molar-refractivity contribution in [3.63, 3.8) is 0 Å². The van der Waals surface area contributed by atoms with Crippen LogP contribution in [-0.4, -0.2) is 59.3 Å². The average Bonchev–Trinajstić information content (AvgIpc) is 2.86. The van der Waals surface area contributed by atoms with Crippen LogP contribution < -0.4 is 5.32 Å². The predicted octanol–water partition coefficient (Wildman–Crippen LogP) is 2.07. The molecular weight excluding hydrogens is 581 g/mol. The van der Waals surface area contributed by atoms with E-state index in [-0.39, 0.29) is 50.6 Å². The largest absolute Gasteiger partial charge is 0.481 e. The standard InChI is InChI=1S/C17H15N3O8.Pb/c21-15(22)7-6-12(17(23)24)11-3-1-2-8-18-16(11)13-5-4-10(19(25)26)9-14(13)20(27)28;/h1-5,8-9,12,18H,6-7H2,(H,21,22)(H,23,24);. The number of carbonyl (C=O) groups is 2. The summed E-state index contributed by atoms with van der Waals surface area (Å²) in [5, 5.41) is 43.6. The maximum absolute atomic E-state index is 11.7. The van der Waals surface area contributed by atoms with Crippen LogP contribution in [0, 0.1) is 26.1 Å². The van der Waals surface area contributed by atoms with Crippen molar-refractivity contribution >= 4 is 56.3 Å². The minimum Gasteiger partial charge on any atom is -0.481 e. The van der Waals surface area contributed by atoms with Crippen molar-refractivity contribution in [1.29, 1.82) is 0 Å². The summed E-state index contributed by atoms with van der Waals surface area (Å²) < 4.78 is 0. The molecule has 1 atom stereocenters. The second-order valence-corrected chi connectivity index (χ2v) is 5.73. The summed E-state index contributed by atoms with van der Waals surface area (Å²) in [6, 6.07) is 3.01. The summed E-state index contributed by atoms with van der Waals surface area (Å²) in [6.07, 6.45) is 5.20. The SMILES string of the molecule is O=C(O)CCC(C(=O)O)C1=C(c2ccc([N+](=O)[O-])cc2[N+](=O)[O-])NC=CC=C1.[Pb]. The molecule has 1 aliphatic heterocycles. The van der Waals surface area contributed by atoms with Crippen LogP contribution in [0.25, 0.3) is 5.70 Å². The molecule has 0 amide bonds. The van der Waals surface area contributed by atoms with Crippen molar-refractivity contribution in [3.8, 4) is 0 Å². The Morgan fingerprint density at radius 2 is 1.79 bits per heavy atom. The molecule has 29 heavy (non-hydrogen) atoms. The van der Waals surface area contributed by atoms with Gasteiger partial charge >= 0.3 is 11.9 Å². The van der Waals surface area contributed by atoms with Gasteiger partial charge in [-0.1, -0.05) is 12.2 Å². The monoisotopic (exact) mass is 597 g/mol. The van der Waals surface area contributed by atoms with Crippen LogP contribution in [0.4, 0.5) is 11.4 Å². The van der Waals surface area contributed by atoms with Crippen molar-refractivity contribution in [2.45, 2.75) is 12.8 Å². The maximum Gasteiger partial charge on any atom is 0.311 e. The third-order valence-corrected chi connectivity index (χ3v) is 3.98. The van der Waals surface area contributed by atoms with Crippen molar-refractivity contribution in [1.82, 2.24) is 5.32 Å². The Balaban J connectivity index is 0.00000420. The van der Waals surface area contributed by atoms with E-state index >= 15 is 0 Å². The quantitative estimate of drug-likeness (QED) is 0.231. The Morgan fingerprint density at radius 3 is 2.34 bits per heavy atom. The predicted molar refractivity (Wildman–Crippen MR) is 102 cm³/mol. The number of carboxylic acid groups (broad SMARTS) is 2. The Bertz CT molecular complexity index is 939. The number of aliphatic carboxylic acids is 2. The average molecular weight is 597 g/mol. The molecule has 0 spiro atoms. The van der Waals surface area contributed by atoms with Gasteiger partial charge in [-0.2, -0.15) is 0 Å². The van der Waals surface area contributed by atoms with E-state index in [1.54, 1.807) is 0 Å². The van der Waals surface area contributed by atoms with E-state index in [0.717, 1.165) is 18.2 Å². The number of benzene rings is 1. The molecule has 150 valence electrons. The molecule has 0 aliphatic carbocycles. The topological polar surface area (TPSA) is 173 Å². The molecule has 0 saturated carbocycles.